The Labute approximate surface area is 140 Å². The number of hydrogen-bond donors (Lipinski definition) is 1. The highest BCUT2D eigenvalue weighted by Crippen LogP contribution is 2.34. The van der Waals surface area contributed by atoms with E-state index in [0.29, 0.717) is 11.4 Å². The number of ether oxygens (including phenoxy) is 1. The van der Waals surface area contributed by atoms with E-state index in [9.17, 15) is 5.11 Å². The molecule has 1 fully saturated rings. The standard InChI is InChI=1S/C19H19N3O2/c1-24-13-8-9-16-15(12-13)19(22-10-4-5-11-22)21-18(20-16)14-6-2-3-7-17(14)23/h2-3,6-9,12,23H,4-5,10-11H2,1H3. The number of aromatic nitrogens is 2. The maximum Gasteiger partial charge on any atom is 0.165 e. The Kier molecular flexibility index (Phi) is 3.69. The molecule has 0 saturated carbocycles. The molecule has 5 nitrogen and oxygen atoms in total. The van der Waals surface area contributed by atoms with E-state index in [0.717, 1.165) is 35.6 Å². The van der Waals surface area contributed by atoms with Crippen LogP contribution < -0.4 is 9.64 Å². The van der Waals surface area contributed by atoms with Crippen molar-refractivity contribution in [3.8, 4) is 22.9 Å². The van der Waals surface area contributed by atoms with E-state index in [4.69, 9.17) is 9.72 Å². The molecule has 3 aromatic rings. The van der Waals surface area contributed by atoms with Crippen LogP contribution in [0.4, 0.5) is 5.82 Å². The SMILES string of the molecule is COc1ccc2nc(-c3ccccc3O)nc(N3CCCC3)c2c1. The smallest absolute Gasteiger partial charge is 0.165 e. The van der Waals surface area contributed by atoms with Crippen molar-refractivity contribution in [2.24, 2.45) is 0 Å². The molecule has 5 heteroatoms. The van der Waals surface area contributed by atoms with Crippen LogP contribution in [0.1, 0.15) is 12.8 Å². The fraction of sp³-hybridized carbons (Fsp3) is 0.263. The lowest BCUT2D eigenvalue weighted by atomic mass is 10.1. The predicted molar refractivity (Wildman–Crippen MR) is 94.6 cm³/mol. The first kappa shape index (κ1) is 14.8. The van der Waals surface area contributed by atoms with E-state index in [1.165, 1.54) is 12.8 Å². The maximum atomic E-state index is 10.2. The van der Waals surface area contributed by atoms with Crippen LogP contribution in [0, 0.1) is 0 Å². The number of benzene rings is 2. The van der Waals surface area contributed by atoms with Crippen molar-refractivity contribution in [3.63, 3.8) is 0 Å². The molecular formula is C19H19N3O2. The van der Waals surface area contributed by atoms with Crippen molar-refractivity contribution in [2.75, 3.05) is 25.1 Å². The molecule has 4 rings (SSSR count). The van der Waals surface area contributed by atoms with Crippen LogP contribution in [0.25, 0.3) is 22.3 Å². The van der Waals surface area contributed by atoms with Crippen molar-refractivity contribution in [1.29, 1.82) is 0 Å². The topological polar surface area (TPSA) is 58.5 Å². The summed E-state index contributed by atoms with van der Waals surface area (Å²) in [6.45, 7) is 1.98. The minimum Gasteiger partial charge on any atom is -0.507 e. The van der Waals surface area contributed by atoms with Gasteiger partial charge in [-0.05, 0) is 43.2 Å². The number of phenols is 1. The van der Waals surface area contributed by atoms with Gasteiger partial charge in [0.25, 0.3) is 0 Å². The molecule has 2 aromatic carbocycles. The van der Waals surface area contributed by atoms with Gasteiger partial charge in [-0.2, -0.15) is 0 Å². The Balaban J connectivity index is 1.95. The molecule has 0 spiro atoms. The summed E-state index contributed by atoms with van der Waals surface area (Å²) in [6, 6.07) is 13.0. The van der Waals surface area contributed by atoms with Gasteiger partial charge in [0.05, 0.1) is 18.2 Å². The lowest BCUT2D eigenvalue weighted by Crippen LogP contribution is -2.20. The van der Waals surface area contributed by atoms with Crippen LogP contribution in [0.3, 0.4) is 0 Å². The molecule has 0 radical (unpaired) electrons. The monoisotopic (exact) mass is 321 g/mol. The summed E-state index contributed by atoms with van der Waals surface area (Å²) < 4.78 is 5.36. The van der Waals surface area contributed by atoms with Gasteiger partial charge in [-0.1, -0.05) is 12.1 Å². The highest BCUT2D eigenvalue weighted by Gasteiger charge is 2.20. The first-order valence-corrected chi connectivity index (χ1v) is 8.15. The normalized spacial score (nSPS) is 14.3. The predicted octanol–water partition coefficient (Wildman–Crippen LogP) is 3.61. The van der Waals surface area contributed by atoms with Crippen molar-refractivity contribution >= 4 is 16.7 Å². The molecular weight excluding hydrogens is 302 g/mol. The van der Waals surface area contributed by atoms with Crippen molar-refractivity contribution in [3.05, 3.63) is 42.5 Å². The summed E-state index contributed by atoms with van der Waals surface area (Å²) in [4.78, 5) is 11.7. The zero-order valence-corrected chi connectivity index (χ0v) is 13.6. The number of aromatic hydroxyl groups is 1. The molecule has 2 heterocycles. The van der Waals surface area contributed by atoms with Crippen LogP contribution in [0.15, 0.2) is 42.5 Å². The zero-order chi connectivity index (χ0) is 16.5. The van der Waals surface area contributed by atoms with Crippen molar-refractivity contribution in [2.45, 2.75) is 12.8 Å². The Hall–Kier alpha value is -2.82. The number of nitrogens with zero attached hydrogens (tertiary/aromatic N) is 3. The molecule has 0 bridgehead atoms. The quantitative estimate of drug-likeness (QED) is 0.798. The fourth-order valence-corrected chi connectivity index (χ4v) is 3.17. The summed E-state index contributed by atoms with van der Waals surface area (Å²) in [5, 5.41) is 11.1. The Bertz CT molecular complexity index is 889. The molecule has 24 heavy (non-hydrogen) atoms. The van der Waals surface area contributed by atoms with Crippen molar-refractivity contribution < 1.29 is 9.84 Å². The van der Waals surface area contributed by atoms with Gasteiger partial charge in [0, 0.05) is 18.5 Å². The van der Waals surface area contributed by atoms with Crippen LogP contribution >= 0.6 is 0 Å². The van der Waals surface area contributed by atoms with Gasteiger partial charge in [0.1, 0.15) is 17.3 Å². The second-order valence-corrected chi connectivity index (χ2v) is 5.97. The molecule has 0 atom stereocenters. The van der Waals surface area contributed by atoms with Crippen LogP contribution in [0.5, 0.6) is 11.5 Å². The maximum absolute atomic E-state index is 10.2. The molecule has 0 aliphatic carbocycles. The van der Waals surface area contributed by atoms with Gasteiger partial charge in [-0.3, -0.25) is 0 Å². The van der Waals surface area contributed by atoms with Gasteiger partial charge in [0.15, 0.2) is 5.82 Å². The number of methoxy groups -OCH3 is 1. The van der Waals surface area contributed by atoms with E-state index in [2.05, 4.69) is 9.88 Å². The van der Waals surface area contributed by atoms with E-state index >= 15 is 0 Å². The highest BCUT2D eigenvalue weighted by atomic mass is 16.5. The van der Waals surface area contributed by atoms with Crippen LogP contribution in [-0.2, 0) is 0 Å². The third-order valence-electron chi connectivity index (χ3n) is 4.43. The van der Waals surface area contributed by atoms with Crippen molar-refractivity contribution in [1.82, 2.24) is 9.97 Å². The number of anilines is 1. The summed E-state index contributed by atoms with van der Waals surface area (Å²) in [5.74, 6) is 2.45. The van der Waals surface area contributed by atoms with Crippen LogP contribution in [0.2, 0.25) is 0 Å². The second kappa shape index (κ2) is 6.00. The Morgan fingerprint density at radius 2 is 1.83 bits per heavy atom. The molecule has 1 saturated heterocycles. The third kappa shape index (κ3) is 2.52. The highest BCUT2D eigenvalue weighted by molar-refractivity contribution is 5.92. The van der Waals surface area contributed by atoms with Gasteiger partial charge in [-0.15, -0.1) is 0 Å². The molecule has 1 aromatic heterocycles. The van der Waals surface area contributed by atoms with Crippen LogP contribution in [-0.4, -0.2) is 35.3 Å². The minimum absolute atomic E-state index is 0.192. The largest absolute Gasteiger partial charge is 0.507 e. The lowest BCUT2D eigenvalue weighted by Gasteiger charge is -2.20. The average molecular weight is 321 g/mol. The minimum atomic E-state index is 0.192. The summed E-state index contributed by atoms with van der Waals surface area (Å²) in [6.07, 6.45) is 2.34. The van der Waals surface area contributed by atoms with E-state index in [1.54, 1.807) is 19.2 Å². The fourth-order valence-electron chi connectivity index (χ4n) is 3.17. The van der Waals surface area contributed by atoms with Gasteiger partial charge in [0.2, 0.25) is 0 Å². The summed E-state index contributed by atoms with van der Waals surface area (Å²) in [7, 11) is 1.66. The van der Waals surface area contributed by atoms with E-state index < -0.39 is 0 Å². The number of hydrogen-bond acceptors (Lipinski definition) is 5. The first-order chi connectivity index (χ1) is 11.8. The second-order valence-electron chi connectivity index (χ2n) is 5.97. The number of rotatable bonds is 3. The number of phenolic OH excluding ortho intramolecular Hbond substituents is 1. The van der Waals surface area contributed by atoms with Gasteiger partial charge >= 0.3 is 0 Å². The summed E-state index contributed by atoms with van der Waals surface area (Å²) >= 11 is 0. The van der Waals surface area contributed by atoms with E-state index in [1.807, 2.05) is 30.3 Å². The van der Waals surface area contributed by atoms with Gasteiger partial charge in [-0.25, -0.2) is 9.97 Å². The Morgan fingerprint density at radius 1 is 1.04 bits per heavy atom. The molecule has 1 aliphatic heterocycles. The third-order valence-corrected chi connectivity index (χ3v) is 4.43. The number of fused-ring (bicyclic) bond motifs is 1. The van der Waals surface area contributed by atoms with E-state index in [-0.39, 0.29) is 5.75 Å². The molecule has 1 aliphatic rings. The molecule has 0 unspecified atom stereocenters. The lowest BCUT2D eigenvalue weighted by molar-refractivity contribution is 0.415. The first-order valence-electron chi connectivity index (χ1n) is 8.15. The molecule has 0 amide bonds. The Morgan fingerprint density at radius 3 is 2.58 bits per heavy atom. The summed E-state index contributed by atoms with van der Waals surface area (Å²) in [5.41, 5.74) is 1.50. The average Bonchev–Trinajstić information content (AvgIpc) is 3.15. The number of para-hydroxylation sites is 1. The van der Waals surface area contributed by atoms with Gasteiger partial charge < -0.3 is 14.7 Å². The molecule has 122 valence electrons. The molecule has 1 N–H and O–H groups in total. The zero-order valence-electron chi connectivity index (χ0n) is 13.6.